The minimum atomic E-state index is -4.58. The highest BCUT2D eigenvalue weighted by atomic mass is 32.2. The van der Waals surface area contributed by atoms with E-state index >= 15 is 0 Å². The van der Waals surface area contributed by atoms with Gasteiger partial charge in [0.25, 0.3) is 10.0 Å². The Balaban J connectivity index is 1.66. The van der Waals surface area contributed by atoms with Gasteiger partial charge in [-0.15, -0.1) is 0 Å². The van der Waals surface area contributed by atoms with Crippen molar-refractivity contribution in [3.05, 3.63) is 72.1 Å². The molecule has 0 N–H and O–H groups in total. The van der Waals surface area contributed by atoms with Gasteiger partial charge in [0.15, 0.2) is 5.03 Å². The number of aryl methyl sites for hydroxylation is 1. The predicted octanol–water partition coefficient (Wildman–Crippen LogP) is 3.21. The van der Waals surface area contributed by atoms with Gasteiger partial charge in [0.05, 0.1) is 18.4 Å². The zero-order valence-corrected chi connectivity index (χ0v) is 17.5. The lowest BCUT2D eigenvalue weighted by molar-refractivity contribution is -0.137. The van der Waals surface area contributed by atoms with Crippen molar-refractivity contribution < 1.29 is 30.7 Å². The highest BCUT2D eigenvalue weighted by molar-refractivity contribution is 7.89. The van der Waals surface area contributed by atoms with E-state index in [-0.39, 0.29) is 24.0 Å². The number of aromatic nitrogens is 3. The molecule has 32 heavy (non-hydrogen) atoms. The molecule has 2 atom stereocenters. The summed E-state index contributed by atoms with van der Waals surface area (Å²) in [6.45, 7) is -0.160. The number of sulfonamides is 1. The lowest BCUT2D eigenvalue weighted by atomic mass is 9.96. The summed E-state index contributed by atoms with van der Waals surface area (Å²) < 4.78 is 87.0. The molecule has 0 spiro atoms. The van der Waals surface area contributed by atoms with E-state index in [9.17, 15) is 26.0 Å². The molecule has 0 amide bonds. The molecule has 4 rings (SSSR count). The zero-order valence-electron chi connectivity index (χ0n) is 16.7. The molecule has 1 saturated heterocycles. The molecule has 0 unspecified atom stereocenters. The molecular formula is C20H18F4N4O3S. The van der Waals surface area contributed by atoms with Crippen molar-refractivity contribution in [3.63, 3.8) is 0 Å². The van der Waals surface area contributed by atoms with Crippen LogP contribution in [0.3, 0.4) is 0 Å². The van der Waals surface area contributed by atoms with Crippen molar-refractivity contribution in [2.45, 2.75) is 23.2 Å². The van der Waals surface area contributed by atoms with Crippen LogP contribution < -0.4 is 4.74 Å². The van der Waals surface area contributed by atoms with Gasteiger partial charge in [0, 0.05) is 38.0 Å². The average Bonchev–Trinajstić information content (AvgIpc) is 3.36. The minimum absolute atomic E-state index is 0.0197. The van der Waals surface area contributed by atoms with Crippen molar-refractivity contribution in [1.82, 2.24) is 18.8 Å². The van der Waals surface area contributed by atoms with Crippen LogP contribution in [0.25, 0.3) is 0 Å². The van der Waals surface area contributed by atoms with E-state index in [0.29, 0.717) is 5.56 Å². The SMILES string of the molecule is Cn1cnc(S(=O)(=O)N2C[C@H](Oc3cc(C(F)(F)F)ccn3)[C@@H](c3ccc(F)cc3)C2)c1. The van der Waals surface area contributed by atoms with Gasteiger partial charge in [-0.2, -0.15) is 17.5 Å². The van der Waals surface area contributed by atoms with Gasteiger partial charge in [-0.25, -0.2) is 22.8 Å². The summed E-state index contributed by atoms with van der Waals surface area (Å²) in [4.78, 5) is 7.74. The van der Waals surface area contributed by atoms with Crippen LogP contribution in [0.1, 0.15) is 17.0 Å². The Morgan fingerprint density at radius 3 is 2.44 bits per heavy atom. The van der Waals surface area contributed by atoms with Crippen LogP contribution >= 0.6 is 0 Å². The number of imidazole rings is 1. The Hall–Kier alpha value is -2.99. The van der Waals surface area contributed by atoms with Gasteiger partial charge < -0.3 is 9.30 Å². The van der Waals surface area contributed by atoms with Gasteiger partial charge in [-0.05, 0) is 23.8 Å². The normalized spacial score (nSPS) is 19.9. The molecule has 1 aliphatic heterocycles. The van der Waals surface area contributed by atoms with E-state index in [2.05, 4.69) is 9.97 Å². The second kappa shape index (κ2) is 8.17. The monoisotopic (exact) mass is 470 g/mol. The van der Waals surface area contributed by atoms with Crippen molar-refractivity contribution in [3.8, 4) is 5.88 Å². The number of benzene rings is 1. The predicted molar refractivity (Wildman–Crippen MR) is 105 cm³/mol. The van der Waals surface area contributed by atoms with Gasteiger partial charge in [-0.3, -0.25) is 0 Å². The van der Waals surface area contributed by atoms with Crippen LogP contribution in [0.15, 0.2) is 60.1 Å². The number of halogens is 4. The van der Waals surface area contributed by atoms with Crippen LogP contribution in [0.2, 0.25) is 0 Å². The lowest BCUT2D eigenvalue weighted by Gasteiger charge is -2.20. The Bertz CT molecular complexity index is 1210. The Morgan fingerprint density at radius 2 is 1.81 bits per heavy atom. The zero-order chi connectivity index (χ0) is 23.1. The number of pyridine rings is 1. The van der Waals surface area contributed by atoms with E-state index in [4.69, 9.17) is 4.74 Å². The fraction of sp³-hybridized carbons (Fsp3) is 0.300. The van der Waals surface area contributed by atoms with Gasteiger partial charge in [-0.1, -0.05) is 12.1 Å². The highest BCUT2D eigenvalue weighted by Gasteiger charge is 2.42. The topological polar surface area (TPSA) is 77.3 Å². The van der Waals surface area contributed by atoms with Gasteiger partial charge in [0.2, 0.25) is 5.88 Å². The maximum absolute atomic E-state index is 13.4. The number of rotatable bonds is 5. The quantitative estimate of drug-likeness (QED) is 0.536. The summed E-state index contributed by atoms with van der Waals surface area (Å²) in [6.07, 6.45) is -1.76. The molecule has 3 heterocycles. The van der Waals surface area contributed by atoms with Crippen LogP contribution in [-0.4, -0.2) is 46.5 Å². The van der Waals surface area contributed by atoms with Crippen LogP contribution in [0.5, 0.6) is 5.88 Å². The average molecular weight is 470 g/mol. The summed E-state index contributed by atoms with van der Waals surface area (Å²) >= 11 is 0. The first-order valence-corrected chi connectivity index (χ1v) is 10.9. The van der Waals surface area contributed by atoms with Crippen molar-refractivity contribution in [2.75, 3.05) is 13.1 Å². The van der Waals surface area contributed by atoms with Crippen LogP contribution in [0.4, 0.5) is 17.6 Å². The second-order valence-electron chi connectivity index (χ2n) is 7.39. The second-order valence-corrected chi connectivity index (χ2v) is 9.28. The van der Waals surface area contributed by atoms with Crippen LogP contribution in [-0.2, 0) is 23.2 Å². The summed E-state index contributed by atoms with van der Waals surface area (Å²) in [7, 11) is -2.35. The molecule has 7 nitrogen and oxygen atoms in total. The standard InChI is InChI=1S/C20H18F4N4O3S/c1-27-11-19(26-12-27)32(29,30)28-9-16(13-2-4-15(21)5-3-13)17(10-28)31-18-8-14(6-7-25-18)20(22,23)24/h2-8,11-12,16-17H,9-10H2,1H3/t16-,17+/m1/s1. The summed E-state index contributed by atoms with van der Waals surface area (Å²) in [6, 6.07) is 7.02. The highest BCUT2D eigenvalue weighted by Crippen LogP contribution is 2.35. The maximum atomic E-state index is 13.4. The number of hydrogen-bond donors (Lipinski definition) is 0. The lowest BCUT2D eigenvalue weighted by Crippen LogP contribution is -2.31. The van der Waals surface area contributed by atoms with E-state index in [1.165, 1.54) is 41.4 Å². The maximum Gasteiger partial charge on any atom is 0.416 e. The third kappa shape index (κ3) is 4.46. The molecule has 0 saturated carbocycles. The first kappa shape index (κ1) is 22.2. The Morgan fingerprint density at radius 1 is 1.09 bits per heavy atom. The fourth-order valence-corrected chi connectivity index (χ4v) is 4.99. The molecular weight excluding hydrogens is 452 g/mol. The minimum Gasteiger partial charge on any atom is -0.472 e. The summed E-state index contributed by atoms with van der Waals surface area (Å²) in [5, 5.41) is -0.157. The van der Waals surface area contributed by atoms with Crippen molar-refractivity contribution in [2.24, 2.45) is 7.05 Å². The number of nitrogens with zero attached hydrogens (tertiary/aromatic N) is 4. The third-order valence-corrected chi connectivity index (χ3v) is 6.87. The van der Waals surface area contributed by atoms with Gasteiger partial charge in [0.1, 0.15) is 11.9 Å². The molecule has 0 aliphatic carbocycles. The molecule has 2 aromatic heterocycles. The molecule has 12 heteroatoms. The molecule has 1 fully saturated rings. The fourth-order valence-electron chi connectivity index (χ4n) is 3.54. The molecule has 0 bridgehead atoms. The molecule has 1 aromatic carbocycles. The molecule has 170 valence electrons. The summed E-state index contributed by atoms with van der Waals surface area (Å²) in [5.74, 6) is -1.32. The molecule has 0 radical (unpaired) electrons. The number of hydrogen-bond acceptors (Lipinski definition) is 5. The first-order valence-electron chi connectivity index (χ1n) is 9.47. The van der Waals surface area contributed by atoms with Gasteiger partial charge >= 0.3 is 6.18 Å². The number of alkyl halides is 3. The van der Waals surface area contributed by atoms with E-state index in [0.717, 1.165) is 22.6 Å². The molecule has 1 aliphatic rings. The Labute approximate surface area is 181 Å². The third-order valence-electron chi connectivity index (χ3n) is 5.15. The van der Waals surface area contributed by atoms with E-state index in [1.807, 2.05) is 0 Å². The largest absolute Gasteiger partial charge is 0.472 e. The number of ether oxygens (including phenoxy) is 1. The first-order chi connectivity index (χ1) is 15.0. The van der Waals surface area contributed by atoms with E-state index in [1.54, 1.807) is 7.05 Å². The van der Waals surface area contributed by atoms with Crippen LogP contribution in [0, 0.1) is 5.82 Å². The summed E-state index contributed by atoms with van der Waals surface area (Å²) in [5.41, 5.74) is -0.348. The van der Waals surface area contributed by atoms with Crippen molar-refractivity contribution >= 4 is 10.0 Å². The Kier molecular flexibility index (Phi) is 5.67. The van der Waals surface area contributed by atoms with Crippen molar-refractivity contribution in [1.29, 1.82) is 0 Å². The smallest absolute Gasteiger partial charge is 0.416 e. The molecule has 3 aromatic rings. The van der Waals surface area contributed by atoms with E-state index < -0.39 is 39.6 Å².